The molecule has 0 bridgehead atoms. The minimum Gasteiger partial charge on any atom is -0.318 e. The second-order valence-electron chi connectivity index (χ2n) is 6.57. The van der Waals surface area contributed by atoms with Crippen LogP contribution in [0.3, 0.4) is 0 Å². The van der Waals surface area contributed by atoms with Crippen LogP contribution < -0.4 is 5.56 Å². The van der Waals surface area contributed by atoms with Crippen molar-refractivity contribution < 1.29 is 4.79 Å². The lowest BCUT2D eigenvalue weighted by molar-refractivity contribution is 0.0970. The summed E-state index contributed by atoms with van der Waals surface area (Å²) < 4.78 is 3.42. The first-order valence-corrected chi connectivity index (χ1v) is 8.78. The molecule has 0 fully saturated rings. The summed E-state index contributed by atoms with van der Waals surface area (Å²) in [6.45, 7) is 3.87. The Bertz CT molecular complexity index is 1200. The number of hydrogen-bond donors (Lipinski definition) is 0. The Labute approximate surface area is 156 Å². The molecule has 4 aromatic rings. The SMILES string of the molecule is Cc1cc(C(=O)Cn2cnc3ccccc3c2=O)c(C)n1-c1ccccc1. The summed E-state index contributed by atoms with van der Waals surface area (Å²) in [5, 5.41) is 0.516. The molecule has 0 aliphatic carbocycles. The van der Waals surface area contributed by atoms with Crippen molar-refractivity contribution in [3.05, 3.63) is 94.3 Å². The van der Waals surface area contributed by atoms with Crippen molar-refractivity contribution in [2.24, 2.45) is 0 Å². The number of carbonyl (C=O) groups is 1. The van der Waals surface area contributed by atoms with Crippen LogP contribution in [0.4, 0.5) is 0 Å². The molecule has 0 N–H and O–H groups in total. The number of aryl methyl sites for hydroxylation is 1. The molecule has 0 spiro atoms. The number of carbonyl (C=O) groups excluding carboxylic acids is 1. The lowest BCUT2D eigenvalue weighted by atomic mass is 10.1. The smallest absolute Gasteiger partial charge is 0.261 e. The normalized spacial score (nSPS) is 11.0. The van der Waals surface area contributed by atoms with Gasteiger partial charge in [0.15, 0.2) is 5.78 Å². The van der Waals surface area contributed by atoms with Gasteiger partial charge in [0, 0.05) is 22.6 Å². The van der Waals surface area contributed by atoms with E-state index in [0.29, 0.717) is 16.5 Å². The number of Topliss-reactive ketones (excluding diaryl/α,β-unsaturated/α-hetero) is 1. The molecule has 4 rings (SSSR count). The molecular weight excluding hydrogens is 338 g/mol. The zero-order valence-corrected chi connectivity index (χ0v) is 15.2. The molecule has 0 atom stereocenters. The van der Waals surface area contributed by atoms with Crippen LogP contribution in [0.1, 0.15) is 21.7 Å². The molecule has 0 aliphatic heterocycles. The van der Waals surface area contributed by atoms with E-state index in [1.165, 1.54) is 10.9 Å². The zero-order chi connectivity index (χ0) is 19.0. The van der Waals surface area contributed by atoms with E-state index in [9.17, 15) is 9.59 Å². The summed E-state index contributed by atoms with van der Waals surface area (Å²) in [6.07, 6.45) is 1.44. The molecule has 2 heterocycles. The minimum absolute atomic E-state index is 0.0320. The highest BCUT2D eigenvalue weighted by molar-refractivity contribution is 5.97. The number of benzene rings is 2. The Balaban J connectivity index is 1.71. The number of aromatic nitrogens is 3. The van der Waals surface area contributed by atoms with Crippen LogP contribution in [0, 0.1) is 13.8 Å². The van der Waals surface area contributed by atoms with E-state index in [2.05, 4.69) is 9.55 Å². The lowest BCUT2D eigenvalue weighted by Gasteiger charge is -2.10. The van der Waals surface area contributed by atoms with Gasteiger partial charge in [-0.2, -0.15) is 0 Å². The zero-order valence-electron chi connectivity index (χ0n) is 15.2. The first kappa shape index (κ1) is 17.0. The Morgan fingerprint density at radius 1 is 1.00 bits per heavy atom. The highest BCUT2D eigenvalue weighted by Gasteiger charge is 2.18. The van der Waals surface area contributed by atoms with Gasteiger partial charge in [0.05, 0.1) is 23.8 Å². The van der Waals surface area contributed by atoms with Crippen LogP contribution in [-0.2, 0) is 6.54 Å². The summed E-state index contributed by atoms with van der Waals surface area (Å²) in [5.41, 5.74) is 3.91. The molecule has 5 heteroatoms. The minimum atomic E-state index is -0.203. The molecule has 2 aromatic carbocycles. The monoisotopic (exact) mass is 357 g/mol. The van der Waals surface area contributed by atoms with Crippen molar-refractivity contribution in [3.63, 3.8) is 0 Å². The van der Waals surface area contributed by atoms with Crippen LogP contribution >= 0.6 is 0 Å². The van der Waals surface area contributed by atoms with E-state index in [0.717, 1.165) is 17.1 Å². The van der Waals surface area contributed by atoms with Gasteiger partial charge in [0.1, 0.15) is 0 Å². The van der Waals surface area contributed by atoms with Crippen LogP contribution in [0.25, 0.3) is 16.6 Å². The maximum absolute atomic E-state index is 12.9. The molecule has 0 amide bonds. The van der Waals surface area contributed by atoms with Crippen LogP contribution in [0.2, 0.25) is 0 Å². The average molecular weight is 357 g/mol. The molecule has 0 aliphatic rings. The lowest BCUT2D eigenvalue weighted by Crippen LogP contribution is -2.24. The van der Waals surface area contributed by atoms with Gasteiger partial charge in [0.25, 0.3) is 5.56 Å². The van der Waals surface area contributed by atoms with E-state index in [1.807, 2.05) is 56.3 Å². The Morgan fingerprint density at radius 2 is 1.70 bits per heavy atom. The van der Waals surface area contributed by atoms with E-state index in [1.54, 1.807) is 18.2 Å². The third-order valence-electron chi connectivity index (χ3n) is 4.79. The molecule has 0 radical (unpaired) electrons. The average Bonchev–Trinajstić information content (AvgIpc) is 2.99. The van der Waals surface area contributed by atoms with Gasteiger partial charge in [-0.3, -0.25) is 14.2 Å². The summed E-state index contributed by atoms with van der Waals surface area (Å²) in [6, 6.07) is 18.9. The molecule has 134 valence electrons. The van der Waals surface area contributed by atoms with Gasteiger partial charge in [-0.25, -0.2) is 4.98 Å². The molecule has 0 unspecified atom stereocenters. The van der Waals surface area contributed by atoms with E-state index in [-0.39, 0.29) is 17.9 Å². The van der Waals surface area contributed by atoms with Crippen molar-refractivity contribution in [1.29, 1.82) is 0 Å². The number of rotatable bonds is 4. The molecular formula is C22H19N3O2. The standard InChI is InChI=1S/C22H19N3O2/c1-15-12-19(16(2)25(15)17-8-4-3-5-9-17)21(26)13-24-14-23-20-11-7-6-10-18(20)22(24)27/h3-12,14H,13H2,1-2H3. The fraction of sp³-hybridized carbons (Fsp3) is 0.136. The molecule has 27 heavy (non-hydrogen) atoms. The summed E-state index contributed by atoms with van der Waals surface area (Å²) in [7, 11) is 0. The van der Waals surface area contributed by atoms with Crippen molar-refractivity contribution in [3.8, 4) is 5.69 Å². The topological polar surface area (TPSA) is 56.9 Å². The quantitative estimate of drug-likeness (QED) is 0.524. The van der Waals surface area contributed by atoms with E-state index >= 15 is 0 Å². The predicted octanol–water partition coefficient (Wildman–Crippen LogP) is 3.69. The summed E-state index contributed by atoms with van der Waals surface area (Å²) >= 11 is 0. The highest BCUT2D eigenvalue weighted by atomic mass is 16.1. The number of nitrogens with zero attached hydrogens (tertiary/aromatic N) is 3. The fourth-order valence-electron chi connectivity index (χ4n) is 3.48. The Kier molecular flexibility index (Phi) is 4.20. The summed E-state index contributed by atoms with van der Waals surface area (Å²) in [5.74, 6) is -0.107. The van der Waals surface area contributed by atoms with Crippen molar-refractivity contribution >= 4 is 16.7 Å². The van der Waals surface area contributed by atoms with Crippen molar-refractivity contribution in [2.75, 3.05) is 0 Å². The number of ketones is 1. The van der Waals surface area contributed by atoms with Gasteiger partial charge < -0.3 is 4.57 Å². The third kappa shape index (κ3) is 2.97. The van der Waals surface area contributed by atoms with Gasteiger partial charge in [0.2, 0.25) is 0 Å². The summed E-state index contributed by atoms with van der Waals surface area (Å²) in [4.78, 5) is 29.8. The van der Waals surface area contributed by atoms with E-state index in [4.69, 9.17) is 0 Å². The second kappa shape index (κ2) is 6.68. The van der Waals surface area contributed by atoms with Gasteiger partial charge in [-0.05, 0) is 44.2 Å². The van der Waals surface area contributed by atoms with Gasteiger partial charge >= 0.3 is 0 Å². The fourth-order valence-corrected chi connectivity index (χ4v) is 3.48. The van der Waals surface area contributed by atoms with Crippen LogP contribution in [-0.4, -0.2) is 19.9 Å². The Hall–Kier alpha value is -3.47. The largest absolute Gasteiger partial charge is 0.318 e. The van der Waals surface area contributed by atoms with Gasteiger partial charge in [-0.15, -0.1) is 0 Å². The van der Waals surface area contributed by atoms with Crippen molar-refractivity contribution in [2.45, 2.75) is 20.4 Å². The maximum atomic E-state index is 12.9. The first-order chi connectivity index (χ1) is 13.1. The molecule has 2 aromatic heterocycles. The van der Waals surface area contributed by atoms with Crippen LogP contribution in [0.15, 0.2) is 71.8 Å². The Morgan fingerprint density at radius 3 is 2.48 bits per heavy atom. The molecule has 5 nitrogen and oxygen atoms in total. The number of fused-ring (bicyclic) bond motifs is 1. The second-order valence-corrected chi connectivity index (χ2v) is 6.57. The highest BCUT2D eigenvalue weighted by Crippen LogP contribution is 2.21. The molecule has 0 saturated carbocycles. The van der Waals surface area contributed by atoms with E-state index < -0.39 is 0 Å². The van der Waals surface area contributed by atoms with Gasteiger partial charge in [-0.1, -0.05) is 30.3 Å². The number of hydrogen-bond acceptors (Lipinski definition) is 3. The maximum Gasteiger partial charge on any atom is 0.261 e. The first-order valence-electron chi connectivity index (χ1n) is 8.78. The van der Waals surface area contributed by atoms with Crippen LogP contribution in [0.5, 0.6) is 0 Å². The third-order valence-corrected chi connectivity index (χ3v) is 4.79. The number of para-hydroxylation sites is 2. The molecule has 0 saturated heterocycles. The predicted molar refractivity (Wildman–Crippen MR) is 106 cm³/mol. The van der Waals surface area contributed by atoms with Crippen molar-refractivity contribution in [1.82, 2.24) is 14.1 Å².